The number of hydrogen-bond acceptors (Lipinski definition) is 6. The van der Waals surface area contributed by atoms with E-state index in [-0.39, 0.29) is 39.2 Å². The van der Waals surface area contributed by atoms with Gasteiger partial charge < -0.3 is 8.37 Å². The van der Waals surface area contributed by atoms with E-state index < -0.39 is 20.2 Å². The zero-order valence-corrected chi connectivity index (χ0v) is 24.4. The molecule has 6 nitrogen and oxygen atoms in total. The summed E-state index contributed by atoms with van der Waals surface area (Å²) in [6.45, 7) is 3.67. The van der Waals surface area contributed by atoms with Gasteiger partial charge >= 0.3 is 20.2 Å². The van der Waals surface area contributed by atoms with Gasteiger partial charge in [0.15, 0.2) is 11.5 Å². The zero-order valence-electron chi connectivity index (χ0n) is 16.4. The molecule has 170 valence electrons. The van der Waals surface area contributed by atoms with Gasteiger partial charge in [-0.25, -0.2) is 0 Å². The molecule has 0 heterocycles. The Morgan fingerprint density at radius 2 is 0.781 bits per heavy atom. The smallest absolute Gasteiger partial charge is 0.339 e. The molecule has 0 N–H and O–H groups in total. The van der Waals surface area contributed by atoms with Gasteiger partial charge in [0.2, 0.25) is 0 Å². The molecule has 3 rings (SSSR count). The van der Waals surface area contributed by atoms with Crippen LogP contribution in [0.4, 0.5) is 0 Å². The predicted molar refractivity (Wildman–Crippen MR) is 135 cm³/mol. The molecule has 0 saturated carbocycles. The Hall–Kier alpha value is -0.920. The summed E-state index contributed by atoms with van der Waals surface area (Å²) in [5, 5.41) is 0. The van der Waals surface area contributed by atoms with Gasteiger partial charge in [-0.2, -0.15) is 16.8 Å². The highest BCUT2D eigenvalue weighted by Crippen LogP contribution is 2.51. The Balaban J connectivity index is 2.03. The molecule has 0 aliphatic carbocycles. The number of benzene rings is 3. The molecule has 0 fully saturated rings. The van der Waals surface area contributed by atoms with Crippen LogP contribution in [0.5, 0.6) is 11.5 Å². The predicted octanol–water partition coefficient (Wildman–Crippen LogP) is 6.89. The third-order valence-corrected chi connectivity index (χ3v) is 10.8. The molecule has 12 heteroatoms. The van der Waals surface area contributed by atoms with Crippen LogP contribution < -0.4 is 8.37 Å². The number of hydrogen-bond donors (Lipinski definition) is 0. The Morgan fingerprint density at radius 1 is 0.531 bits per heavy atom. The third-order valence-electron chi connectivity index (χ3n) is 4.19. The molecule has 0 aromatic heterocycles. The van der Waals surface area contributed by atoms with E-state index in [0.717, 1.165) is 11.1 Å². The Morgan fingerprint density at radius 3 is 1.03 bits per heavy atom. The summed E-state index contributed by atoms with van der Waals surface area (Å²) in [5.41, 5.74) is 1.79. The van der Waals surface area contributed by atoms with Crippen LogP contribution in [0, 0.1) is 13.8 Å². The number of aryl methyl sites for hydroxylation is 2. The van der Waals surface area contributed by atoms with E-state index in [1.807, 2.05) is 13.8 Å². The van der Waals surface area contributed by atoms with Crippen molar-refractivity contribution >= 4 is 84.0 Å². The summed E-state index contributed by atoms with van der Waals surface area (Å²) >= 11 is 13.1. The van der Waals surface area contributed by atoms with Crippen molar-refractivity contribution in [3.8, 4) is 11.5 Å². The normalized spacial score (nSPS) is 11.9. The molecule has 0 amide bonds. The van der Waals surface area contributed by atoms with E-state index in [1.54, 1.807) is 24.3 Å². The standard InChI is InChI=1S/C20H14Br4O6S2/c1-11-3-7-13(8-4-11)31(25,26)29-19-15(21)17(23)20(18(24)16(19)22)30-32(27,28)14-9-5-12(2)6-10-14/h3-10H,1-2H3. The van der Waals surface area contributed by atoms with E-state index >= 15 is 0 Å². The van der Waals surface area contributed by atoms with Crippen molar-refractivity contribution < 1.29 is 25.2 Å². The first-order valence-electron chi connectivity index (χ1n) is 8.72. The summed E-state index contributed by atoms with van der Waals surface area (Å²) < 4.78 is 62.2. The molecule has 0 unspecified atom stereocenters. The van der Waals surface area contributed by atoms with Crippen molar-refractivity contribution in [2.45, 2.75) is 23.6 Å². The number of halogens is 4. The molecule has 0 atom stereocenters. The molecule has 0 aliphatic heterocycles. The molecule has 0 saturated heterocycles. The van der Waals surface area contributed by atoms with Gasteiger partial charge in [-0.05, 0) is 102 Å². The van der Waals surface area contributed by atoms with E-state index in [9.17, 15) is 16.8 Å². The molecule has 3 aromatic carbocycles. The van der Waals surface area contributed by atoms with Gasteiger partial charge in [0.25, 0.3) is 0 Å². The highest BCUT2D eigenvalue weighted by Gasteiger charge is 2.29. The van der Waals surface area contributed by atoms with Crippen LogP contribution in [0.15, 0.2) is 76.2 Å². The van der Waals surface area contributed by atoms with Crippen LogP contribution in [-0.2, 0) is 20.2 Å². The molecule has 0 bridgehead atoms. The Bertz CT molecular complexity index is 1250. The first kappa shape index (κ1) is 25.7. The minimum atomic E-state index is -4.16. The molecule has 0 aliphatic rings. The Labute approximate surface area is 220 Å². The van der Waals surface area contributed by atoms with Crippen molar-refractivity contribution in [3.63, 3.8) is 0 Å². The minimum Gasteiger partial charge on any atom is -0.376 e. The second kappa shape index (κ2) is 9.75. The van der Waals surface area contributed by atoms with Crippen LogP contribution in [0.1, 0.15) is 11.1 Å². The summed E-state index contributed by atoms with van der Waals surface area (Å²) in [4.78, 5) is -0.0622. The lowest BCUT2D eigenvalue weighted by atomic mass is 10.2. The van der Waals surface area contributed by atoms with Crippen LogP contribution in [-0.4, -0.2) is 16.8 Å². The van der Waals surface area contributed by atoms with E-state index in [0.29, 0.717) is 0 Å². The van der Waals surface area contributed by atoms with Crippen molar-refractivity contribution in [3.05, 3.63) is 77.5 Å². The molecule has 0 radical (unpaired) electrons. The summed E-state index contributed by atoms with van der Waals surface area (Å²) in [6, 6.07) is 12.3. The molecular weight excluding hydrogens is 720 g/mol. The van der Waals surface area contributed by atoms with Crippen molar-refractivity contribution in [1.82, 2.24) is 0 Å². The highest BCUT2D eigenvalue weighted by atomic mass is 79.9. The quantitative estimate of drug-likeness (QED) is 0.203. The van der Waals surface area contributed by atoms with E-state index in [1.165, 1.54) is 24.3 Å². The lowest BCUT2D eigenvalue weighted by Crippen LogP contribution is -2.13. The zero-order chi connectivity index (χ0) is 23.8. The van der Waals surface area contributed by atoms with Gasteiger partial charge in [-0.1, -0.05) is 35.4 Å². The molecule has 32 heavy (non-hydrogen) atoms. The van der Waals surface area contributed by atoms with Gasteiger partial charge in [-0.3, -0.25) is 0 Å². The summed E-state index contributed by atoms with van der Waals surface area (Å²) in [5.74, 6) is -0.186. The van der Waals surface area contributed by atoms with Crippen LogP contribution >= 0.6 is 63.7 Å². The topological polar surface area (TPSA) is 86.7 Å². The number of rotatable bonds is 6. The fourth-order valence-corrected chi connectivity index (χ4v) is 7.16. The fourth-order valence-electron chi connectivity index (χ4n) is 2.46. The molecular formula is C20H14Br4O6S2. The van der Waals surface area contributed by atoms with E-state index in [4.69, 9.17) is 8.37 Å². The average molecular weight is 734 g/mol. The van der Waals surface area contributed by atoms with Crippen LogP contribution in [0.2, 0.25) is 0 Å². The summed E-state index contributed by atoms with van der Waals surface area (Å²) in [6.07, 6.45) is 0. The van der Waals surface area contributed by atoms with Crippen LogP contribution in [0.3, 0.4) is 0 Å². The lowest BCUT2D eigenvalue weighted by molar-refractivity contribution is 0.472. The molecule has 0 spiro atoms. The maximum absolute atomic E-state index is 12.7. The molecule has 3 aromatic rings. The second-order valence-corrected chi connectivity index (χ2v) is 12.9. The lowest BCUT2D eigenvalue weighted by Gasteiger charge is -2.17. The van der Waals surface area contributed by atoms with Crippen molar-refractivity contribution in [2.75, 3.05) is 0 Å². The highest BCUT2D eigenvalue weighted by molar-refractivity contribution is 9.14. The maximum atomic E-state index is 12.7. The van der Waals surface area contributed by atoms with E-state index in [2.05, 4.69) is 63.7 Å². The van der Waals surface area contributed by atoms with Gasteiger partial charge in [0.1, 0.15) is 9.79 Å². The monoisotopic (exact) mass is 730 g/mol. The second-order valence-electron chi connectivity index (χ2n) is 6.62. The van der Waals surface area contributed by atoms with Gasteiger partial charge in [0, 0.05) is 0 Å². The maximum Gasteiger partial charge on any atom is 0.339 e. The van der Waals surface area contributed by atoms with Crippen molar-refractivity contribution in [2.24, 2.45) is 0 Å². The van der Waals surface area contributed by atoms with Crippen LogP contribution in [0.25, 0.3) is 0 Å². The first-order chi connectivity index (χ1) is 14.8. The van der Waals surface area contributed by atoms with Gasteiger partial charge in [-0.15, -0.1) is 0 Å². The largest absolute Gasteiger partial charge is 0.376 e. The summed E-state index contributed by atoms with van der Waals surface area (Å²) in [7, 11) is -8.33. The fraction of sp³-hybridized carbons (Fsp3) is 0.100. The first-order valence-corrected chi connectivity index (χ1v) is 14.7. The van der Waals surface area contributed by atoms with Gasteiger partial charge in [0.05, 0.1) is 17.9 Å². The average Bonchev–Trinajstić information content (AvgIpc) is 2.73. The SMILES string of the molecule is Cc1ccc(S(=O)(=O)Oc2c(Br)c(Br)c(OS(=O)(=O)c3ccc(C)cc3)c(Br)c2Br)cc1. The third kappa shape index (κ3) is 5.41. The minimum absolute atomic E-state index is 0.0311. The Kier molecular flexibility index (Phi) is 7.83. The van der Waals surface area contributed by atoms with Crippen molar-refractivity contribution in [1.29, 1.82) is 0 Å².